The highest BCUT2D eigenvalue weighted by Gasteiger charge is 2.29. The average molecular weight is 1330 g/mol. The molecule has 0 amide bonds. The molecule has 0 spiro atoms. The number of rotatable bonds is 69. The van der Waals surface area contributed by atoms with Crippen molar-refractivity contribution in [1.29, 1.82) is 0 Å². The fraction of sp³-hybridized carbons (Fsp3) is 0.795. The molecule has 0 fully saturated rings. The summed E-state index contributed by atoms with van der Waals surface area (Å²) in [7, 11) is -9.76. The third-order valence-corrected chi connectivity index (χ3v) is 17.3. The number of hydrogen-bond donors (Lipinski definition) is 4. The van der Waals surface area contributed by atoms with Crippen molar-refractivity contribution in [2.45, 2.75) is 334 Å². The predicted molar refractivity (Wildman–Crippen MR) is 372 cm³/mol. The summed E-state index contributed by atoms with van der Waals surface area (Å²) in [5.41, 5.74) is 0. The molecule has 0 aromatic rings. The third kappa shape index (κ3) is 68.2. The van der Waals surface area contributed by atoms with Gasteiger partial charge in [0.1, 0.15) is 25.4 Å². The van der Waals surface area contributed by atoms with Crippen molar-refractivity contribution >= 4 is 33.6 Å². The Morgan fingerprint density at radius 2 is 0.582 bits per heavy atom. The standard InChI is InChI=1S/C73H132O16P2/c1-4-7-10-13-16-19-22-24-26-27-28-29-30-31-32-33-34-35-36-37-38-39-41-43-45-47-50-53-56-59-71(76)83-62-68(74)63-85-90(79,80)86-64-69(75)65-87-91(81,82)88-67-70(89-73(78)61-58-55-52-49-44-21-18-15-12-9-6-3)66-84-72(77)60-57-54-51-48-46-42-40-25-23-20-17-14-11-8-5-2/h7,10,16,19,24-26,28-29,31-32,40,68-70,74-75H,4-6,8-9,11-15,17-18,20-23,27,30,33-39,41-67H2,1-3H3,(H,79,80)(H,81,82)/b10-7-,19-16-,26-24-,29-28-,32-31-,40-25-. The molecule has 0 aliphatic carbocycles. The zero-order valence-electron chi connectivity index (χ0n) is 57.5. The number of phosphoric ester groups is 2. The summed E-state index contributed by atoms with van der Waals surface area (Å²) in [4.78, 5) is 58.3. The first kappa shape index (κ1) is 88.0. The van der Waals surface area contributed by atoms with E-state index in [-0.39, 0.29) is 19.3 Å². The maximum absolute atomic E-state index is 12.9. The highest BCUT2D eigenvalue weighted by atomic mass is 31.2. The van der Waals surface area contributed by atoms with Crippen molar-refractivity contribution in [2.75, 3.05) is 39.6 Å². The summed E-state index contributed by atoms with van der Waals surface area (Å²) in [5, 5.41) is 20.6. The Hall–Kier alpha value is -3.01. The first-order valence-electron chi connectivity index (χ1n) is 36.2. The van der Waals surface area contributed by atoms with E-state index in [0.29, 0.717) is 19.3 Å². The van der Waals surface area contributed by atoms with Crippen molar-refractivity contribution in [1.82, 2.24) is 0 Å². The van der Waals surface area contributed by atoms with E-state index in [0.717, 1.165) is 122 Å². The van der Waals surface area contributed by atoms with Crippen molar-refractivity contribution in [3.63, 3.8) is 0 Å². The van der Waals surface area contributed by atoms with Crippen LogP contribution < -0.4 is 0 Å². The second-order valence-electron chi connectivity index (χ2n) is 24.4. The van der Waals surface area contributed by atoms with Crippen molar-refractivity contribution in [3.8, 4) is 0 Å². The molecule has 0 aliphatic rings. The molecule has 4 N–H and O–H groups in total. The number of hydrogen-bond acceptors (Lipinski definition) is 14. The van der Waals surface area contributed by atoms with Crippen LogP contribution in [0.5, 0.6) is 0 Å². The molecule has 0 saturated heterocycles. The van der Waals surface area contributed by atoms with Crippen LogP contribution in [-0.2, 0) is 55.8 Å². The SMILES string of the molecule is CC/C=C\C/C=C\C/C=C\C/C=C\C/C=C\CCCCCCCCCCCCCCCC(=O)OCC(O)COP(=O)(O)OCC(O)COP(=O)(O)OCC(COC(=O)CCCCCCC/C=C\CCCCCCCC)OC(=O)CCCCCCCCCCCCC. The van der Waals surface area contributed by atoms with Crippen LogP contribution in [-0.4, -0.2) is 95.9 Å². The Kier molecular flexibility index (Phi) is 64.8. The lowest BCUT2D eigenvalue weighted by Gasteiger charge is -2.21. The van der Waals surface area contributed by atoms with Crippen LogP contribution in [0.25, 0.3) is 0 Å². The number of unbranched alkanes of at least 4 members (excludes halogenated alkanes) is 34. The number of allylic oxidation sites excluding steroid dienone is 12. The Labute approximate surface area is 553 Å². The maximum Gasteiger partial charge on any atom is 0.472 e. The molecule has 16 nitrogen and oxygen atoms in total. The van der Waals surface area contributed by atoms with Crippen molar-refractivity contribution < 1.29 is 75.8 Å². The minimum atomic E-state index is -4.91. The van der Waals surface area contributed by atoms with Gasteiger partial charge in [-0.25, -0.2) is 9.13 Å². The maximum atomic E-state index is 12.9. The van der Waals surface area contributed by atoms with Crippen LogP contribution >= 0.6 is 15.6 Å². The molecule has 0 aromatic carbocycles. The average Bonchev–Trinajstić information content (AvgIpc) is 3.72. The third-order valence-electron chi connectivity index (χ3n) is 15.4. The van der Waals surface area contributed by atoms with Crippen LogP contribution in [0.1, 0.15) is 316 Å². The number of carbonyl (C=O) groups is 3. The van der Waals surface area contributed by atoms with Gasteiger partial charge >= 0.3 is 33.6 Å². The zero-order valence-corrected chi connectivity index (χ0v) is 59.3. The highest BCUT2D eigenvalue weighted by molar-refractivity contribution is 7.47. The van der Waals surface area contributed by atoms with E-state index in [1.54, 1.807) is 0 Å². The van der Waals surface area contributed by atoms with Crippen LogP contribution in [0, 0.1) is 0 Å². The number of ether oxygens (including phenoxy) is 3. The zero-order chi connectivity index (χ0) is 66.7. The second-order valence-corrected chi connectivity index (χ2v) is 27.3. The normalized spacial score (nSPS) is 14.6. The van der Waals surface area contributed by atoms with Gasteiger partial charge in [-0.15, -0.1) is 0 Å². The number of aliphatic hydroxyl groups excluding tert-OH is 2. The smallest absolute Gasteiger partial charge is 0.463 e. The molecular formula is C73H132O16P2. The van der Waals surface area contributed by atoms with Crippen LogP contribution in [0.4, 0.5) is 0 Å². The second kappa shape index (κ2) is 67.0. The van der Waals surface area contributed by atoms with Gasteiger partial charge in [-0.1, -0.05) is 280 Å². The predicted octanol–water partition coefficient (Wildman–Crippen LogP) is 20.3. The summed E-state index contributed by atoms with van der Waals surface area (Å²) >= 11 is 0. The van der Waals surface area contributed by atoms with Gasteiger partial charge in [-0.05, 0) is 89.9 Å². The molecule has 530 valence electrons. The Bertz CT molecular complexity index is 1950. The Morgan fingerprint density at radius 3 is 0.934 bits per heavy atom. The topological polar surface area (TPSA) is 231 Å². The molecule has 0 heterocycles. The van der Waals surface area contributed by atoms with Crippen molar-refractivity contribution in [2.24, 2.45) is 0 Å². The van der Waals surface area contributed by atoms with Gasteiger partial charge in [0, 0.05) is 19.3 Å². The Balaban J connectivity index is 4.39. The lowest BCUT2D eigenvalue weighted by molar-refractivity contribution is -0.161. The quantitative estimate of drug-likeness (QED) is 0.0146. The summed E-state index contributed by atoms with van der Waals surface area (Å²) in [6, 6.07) is 0. The first-order chi connectivity index (χ1) is 44.2. The molecule has 91 heavy (non-hydrogen) atoms. The number of phosphoric acid groups is 2. The molecule has 5 atom stereocenters. The van der Waals surface area contributed by atoms with E-state index in [9.17, 15) is 43.5 Å². The fourth-order valence-corrected chi connectivity index (χ4v) is 11.5. The van der Waals surface area contributed by atoms with E-state index >= 15 is 0 Å². The first-order valence-corrected chi connectivity index (χ1v) is 39.2. The van der Waals surface area contributed by atoms with E-state index in [1.807, 2.05) is 0 Å². The molecule has 5 unspecified atom stereocenters. The minimum Gasteiger partial charge on any atom is -0.463 e. The summed E-state index contributed by atoms with van der Waals surface area (Å²) in [6.07, 6.45) is 71.1. The molecule has 0 aliphatic heterocycles. The molecule has 0 radical (unpaired) electrons. The van der Waals surface area contributed by atoms with Crippen LogP contribution in [0.15, 0.2) is 72.9 Å². The molecule has 0 bridgehead atoms. The molecule has 0 rings (SSSR count). The lowest BCUT2D eigenvalue weighted by atomic mass is 10.0. The highest BCUT2D eigenvalue weighted by Crippen LogP contribution is 2.45. The van der Waals surface area contributed by atoms with Crippen molar-refractivity contribution in [3.05, 3.63) is 72.9 Å². The van der Waals surface area contributed by atoms with Gasteiger partial charge in [-0.3, -0.25) is 32.5 Å². The van der Waals surface area contributed by atoms with E-state index in [2.05, 4.69) is 93.7 Å². The summed E-state index contributed by atoms with van der Waals surface area (Å²) in [6.45, 7) is 2.57. The lowest BCUT2D eigenvalue weighted by Crippen LogP contribution is -2.30. The van der Waals surface area contributed by atoms with Gasteiger partial charge in [0.25, 0.3) is 0 Å². The number of aliphatic hydroxyl groups is 2. The van der Waals surface area contributed by atoms with E-state index < -0.39 is 91.5 Å². The summed E-state index contributed by atoms with van der Waals surface area (Å²) < 4.78 is 60.9. The minimum absolute atomic E-state index is 0.109. The van der Waals surface area contributed by atoms with E-state index in [1.165, 1.54) is 135 Å². The monoisotopic (exact) mass is 1330 g/mol. The molecule has 0 saturated carbocycles. The largest absolute Gasteiger partial charge is 0.472 e. The Morgan fingerprint density at radius 1 is 0.319 bits per heavy atom. The number of esters is 3. The molecular weight excluding hydrogens is 1190 g/mol. The van der Waals surface area contributed by atoms with Gasteiger partial charge < -0.3 is 34.2 Å². The number of carbonyl (C=O) groups excluding carboxylic acids is 3. The van der Waals surface area contributed by atoms with Gasteiger partial charge in [-0.2, -0.15) is 0 Å². The van der Waals surface area contributed by atoms with Crippen LogP contribution in [0.3, 0.4) is 0 Å². The molecule has 0 aromatic heterocycles. The molecule has 18 heteroatoms. The van der Waals surface area contributed by atoms with E-state index in [4.69, 9.17) is 32.3 Å². The van der Waals surface area contributed by atoms with Gasteiger partial charge in [0.2, 0.25) is 0 Å². The van der Waals surface area contributed by atoms with Crippen LogP contribution in [0.2, 0.25) is 0 Å². The van der Waals surface area contributed by atoms with Gasteiger partial charge in [0.05, 0.1) is 26.4 Å². The fourth-order valence-electron chi connectivity index (χ4n) is 9.89. The summed E-state index contributed by atoms with van der Waals surface area (Å²) in [5.74, 6) is -1.57. The van der Waals surface area contributed by atoms with Gasteiger partial charge in [0.15, 0.2) is 6.10 Å².